The summed E-state index contributed by atoms with van der Waals surface area (Å²) in [5, 5.41) is 0. The van der Waals surface area contributed by atoms with E-state index in [1.807, 2.05) is 24.4 Å². The first-order chi connectivity index (χ1) is 12.1. The standard InChI is InChI=1S/C19H25N3O2S/c1-2-16-5-7-19(8-6-16)25(23,24)21-14-17-9-12-22(13-10-17)18-4-3-11-20-15-18/h3-8,11,15,17,21H,2,9-10,12-14H2,1H3. The molecule has 6 heteroatoms. The molecule has 0 bridgehead atoms. The van der Waals surface area contributed by atoms with Crippen LogP contribution in [0.1, 0.15) is 25.3 Å². The molecule has 1 N–H and O–H groups in total. The fraction of sp³-hybridized carbons (Fsp3) is 0.421. The lowest BCUT2D eigenvalue weighted by Crippen LogP contribution is -2.38. The molecule has 1 saturated heterocycles. The van der Waals surface area contributed by atoms with Gasteiger partial charge in [0.2, 0.25) is 10.0 Å². The third-order valence-electron chi connectivity index (χ3n) is 4.83. The molecule has 0 saturated carbocycles. The Kier molecular flexibility index (Phi) is 5.71. The number of sulfonamides is 1. The summed E-state index contributed by atoms with van der Waals surface area (Å²) in [6.07, 6.45) is 6.52. The average Bonchev–Trinajstić information content (AvgIpc) is 2.67. The highest BCUT2D eigenvalue weighted by molar-refractivity contribution is 7.89. The van der Waals surface area contributed by atoms with Crippen molar-refractivity contribution in [3.05, 3.63) is 54.4 Å². The predicted molar refractivity (Wildman–Crippen MR) is 100 cm³/mol. The molecule has 1 aliphatic rings. The lowest BCUT2D eigenvalue weighted by Gasteiger charge is -2.33. The van der Waals surface area contributed by atoms with Gasteiger partial charge in [-0.2, -0.15) is 0 Å². The lowest BCUT2D eigenvalue weighted by atomic mass is 9.97. The molecule has 25 heavy (non-hydrogen) atoms. The Labute approximate surface area is 150 Å². The zero-order valence-corrected chi connectivity index (χ0v) is 15.4. The molecule has 2 aromatic rings. The van der Waals surface area contributed by atoms with Gasteiger partial charge in [0, 0.05) is 25.8 Å². The van der Waals surface area contributed by atoms with Crippen LogP contribution in [0.15, 0.2) is 53.7 Å². The molecule has 134 valence electrons. The van der Waals surface area contributed by atoms with Crippen molar-refractivity contribution in [3.63, 3.8) is 0 Å². The van der Waals surface area contributed by atoms with Crippen LogP contribution in [0.3, 0.4) is 0 Å². The van der Waals surface area contributed by atoms with Gasteiger partial charge in [-0.15, -0.1) is 0 Å². The van der Waals surface area contributed by atoms with Crippen molar-refractivity contribution in [2.24, 2.45) is 5.92 Å². The maximum atomic E-state index is 12.4. The van der Waals surface area contributed by atoms with Crippen LogP contribution in [0, 0.1) is 5.92 Å². The maximum absolute atomic E-state index is 12.4. The van der Waals surface area contributed by atoms with E-state index >= 15 is 0 Å². The molecule has 1 fully saturated rings. The second kappa shape index (κ2) is 7.97. The van der Waals surface area contributed by atoms with E-state index in [4.69, 9.17) is 0 Å². The Morgan fingerprint density at radius 3 is 2.48 bits per heavy atom. The summed E-state index contributed by atoms with van der Waals surface area (Å²) in [5.74, 6) is 0.373. The van der Waals surface area contributed by atoms with Crippen molar-refractivity contribution >= 4 is 15.7 Å². The van der Waals surface area contributed by atoms with E-state index in [0.717, 1.165) is 43.6 Å². The molecule has 0 amide bonds. The van der Waals surface area contributed by atoms with Gasteiger partial charge in [-0.05, 0) is 55.0 Å². The van der Waals surface area contributed by atoms with Crippen molar-refractivity contribution in [2.75, 3.05) is 24.5 Å². The molecule has 0 aliphatic carbocycles. The first-order valence-corrected chi connectivity index (χ1v) is 10.3. The van der Waals surface area contributed by atoms with Gasteiger partial charge >= 0.3 is 0 Å². The number of rotatable bonds is 6. The SMILES string of the molecule is CCc1ccc(S(=O)(=O)NCC2CCN(c3cccnc3)CC2)cc1. The topological polar surface area (TPSA) is 62.3 Å². The van der Waals surface area contributed by atoms with Crippen molar-refractivity contribution in [2.45, 2.75) is 31.1 Å². The van der Waals surface area contributed by atoms with Crippen molar-refractivity contribution in [1.82, 2.24) is 9.71 Å². The van der Waals surface area contributed by atoms with Crippen LogP contribution in [-0.4, -0.2) is 33.0 Å². The minimum absolute atomic E-state index is 0.345. The fourth-order valence-corrected chi connectivity index (χ4v) is 4.27. The second-order valence-electron chi connectivity index (χ2n) is 6.49. The number of nitrogens with zero attached hydrogens (tertiary/aromatic N) is 2. The summed E-state index contributed by atoms with van der Waals surface area (Å²) in [4.78, 5) is 6.81. The third-order valence-corrected chi connectivity index (χ3v) is 6.27. The molecule has 3 rings (SSSR count). The number of piperidine rings is 1. The maximum Gasteiger partial charge on any atom is 0.240 e. The highest BCUT2D eigenvalue weighted by atomic mass is 32.2. The number of hydrogen-bond acceptors (Lipinski definition) is 4. The number of aryl methyl sites for hydroxylation is 1. The number of nitrogens with one attached hydrogen (secondary N) is 1. The summed E-state index contributed by atoms with van der Waals surface area (Å²) in [7, 11) is -3.42. The van der Waals surface area contributed by atoms with E-state index < -0.39 is 10.0 Å². The predicted octanol–water partition coefficient (Wildman–Crippen LogP) is 2.84. The monoisotopic (exact) mass is 359 g/mol. The van der Waals surface area contributed by atoms with E-state index in [1.165, 1.54) is 0 Å². The van der Waals surface area contributed by atoms with E-state index in [9.17, 15) is 8.42 Å². The van der Waals surface area contributed by atoms with Gasteiger partial charge in [0.15, 0.2) is 0 Å². The molecular weight excluding hydrogens is 334 g/mol. The van der Waals surface area contributed by atoms with Gasteiger partial charge in [-0.3, -0.25) is 4.98 Å². The van der Waals surface area contributed by atoms with Gasteiger partial charge in [-0.25, -0.2) is 13.1 Å². The minimum atomic E-state index is -3.42. The molecule has 0 radical (unpaired) electrons. The van der Waals surface area contributed by atoms with E-state index in [2.05, 4.69) is 27.6 Å². The molecule has 1 aliphatic heterocycles. The Morgan fingerprint density at radius 2 is 1.88 bits per heavy atom. The summed E-state index contributed by atoms with van der Waals surface area (Å²) in [5.41, 5.74) is 2.28. The number of aromatic nitrogens is 1. The second-order valence-corrected chi connectivity index (χ2v) is 8.26. The van der Waals surface area contributed by atoms with Crippen LogP contribution in [0.5, 0.6) is 0 Å². The zero-order valence-electron chi connectivity index (χ0n) is 14.6. The van der Waals surface area contributed by atoms with E-state index in [-0.39, 0.29) is 0 Å². The summed E-state index contributed by atoms with van der Waals surface area (Å²) in [6, 6.07) is 11.1. The highest BCUT2D eigenvalue weighted by Gasteiger charge is 2.22. The summed E-state index contributed by atoms with van der Waals surface area (Å²) < 4.78 is 27.6. The quantitative estimate of drug-likeness (QED) is 0.861. The Hall–Kier alpha value is -1.92. The number of hydrogen-bond donors (Lipinski definition) is 1. The molecule has 0 atom stereocenters. The van der Waals surface area contributed by atoms with E-state index in [1.54, 1.807) is 18.3 Å². The van der Waals surface area contributed by atoms with Gasteiger partial charge in [0.05, 0.1) is 16.8 Å². The molecular formula is C19H25N3O2S. The molecule has 2 heterocycles. The van der Waals surface area contributed by atoms with Crippen molar-refractivity contribution < 1.29 is 8.42 Å². The van der Waals surface area contributed by atoms with Crippen LogP contribution in [-0.2, 0) is 16.4 Å². The van der Waals surface area contributed by atoms with Crippen molar-refractivity contribution in [1.29, 1.82) is 0 Å². The Morgan fingerprint density at radius 1 is 1.16 bits per heavy atom. The third kappa shape index (κ3) is 4.58. The van der Waals surface area contributed by atoms with E-state index in [0.29, 0.717) is 17.4 Å². The number of anilines is 1. The molecule has 1 aromatic carbocycles. The van der Waals surface area contributed by atoms with Gasteiger partial charge in [0.25, 0.3) is 0 Å². The molecule has 0 spiro atoms. The van der Waals surface area contributed by atoms with Crippen LogP contribution in [0.25, 0.3) is 0 Å². The summed E-state index contributed by atoms with van der Waals surface area (Å²) >= 11 is 0. The number of pyridine rings is 1. The largest absolute Gasteiger partial charge is 0.370 e. The Bertz CT molecular complexity index is 768. The summed E-state index contributed by atoms with van der Waals surface area (Å²) in [6.45, 7) is 4.42. The van der Waals surface area contributed by atoms with Gasteiger partial charge < -0.3 is 4.90 Å². The average molecular weight is 359 g/mol. The number of benzene rings is 1. The van der Waals surface area contributed by atoms with Gasteiger partial charge in [0.1, 0.15) is 0 Å². The van der Waals surface area contributed by atoms with Crippen molar-refractivity contribution in [3.8, 4) is 0 Å². The van der Waals surface area contributed by atoms with Crippen LogP contribution >= 0.6 is 0 Å². The fourth-order valence-electron chi connectivity index (χ4n) is 3.15. The Balaban J connectivity index is 1.52. The highest BCUT2D eigenvalue weighted by Crippen LogP contribution is 2.22. The minimum Gasteiger partial charge on any atom is -0.370 e. The molecule has 1 aromatic heterocycles. The normalized spacial score (nSPS) is 16.1. The van der Waals surface area contributed by atoms with Gasteiger partial charge in [-0.1, -0.05) is 19.1 Å². The van der Waals surface area contributed by atoms with Crippen LogP contribution in [0.2, 0.25) is 0 Å². The molecule has 5 nitrogen and oxygen atoms in total. The first kappa shape index (κ1) is 17.9. The zero-order chi connectivity index (χ0) is 17.7. The molecule has 0 unspecified atom stereocenters. The smallest absolute Gasteiger partial charge is 0.240 e. The van der Waals surface area contributed by atoms with Crippen LogP contribution in [0.4, 0.5) is 5.69 Å². The lowest BCUT2D eigenvalue weighted by molar-refractivity contribution is 0.402. The van der Waals surface area contributed by atoms with Crippen LogP contribution < -0.4 is 9.62 Å². The first-order valence-electron chi connectivity index (χ1n) is 8.82.